The van der Waals surface area contributed by atoms with Crippen LogP contribution in [-0.2, 0) is 20.7 Å². The summed E-state index contributed by atoms with van der Waals surface area (Å²) in [4.78, 5) is 27.5. The number of rotatable bonds is 5. The fraction of sp³-hybridized carbons (Fsp3) is 0.647. The van der Waals surface area contributed by atoms with E-state index in [1.807, 2.05) is 16.3 Å². The molecule has 1 atom stereocenters. The topological polar surface area (TPSA) is 58.6 Å². The van der Waals surface area contributed by atoms with Crippen molar-refractivity contribution in [2.45, 2.75) is 50.7 Å². The Morgan fingerprint density at radius 2 is 2.13 bits per heavy atom. The number of nitrogens with one attached hydrogen (secondary N) is 1. The Morgan fingerprint density at radius 3 is 2.78 bits per heavy atom. The van der Waals surface area contributed by atoms with Crippen LogP contribution in [0.2, 0.25) is 0 Å². The average molecular weight is 336 g/mol. The molecule has 1 unspecified atom stereocenters. The number of carbonyl (C=O) groups excluding carboxylic acids is 2. The number of ether oxygens (including phenoxy) is 1. The predicted octanol–water partition coefficient (Wildman–Crippen LogP) is 1.97. The second kappa shape index (κ2) is 7.93. The van der Waals surface area contributed by atoms with E-state index in [2.05, 4.69) is 11.4 Å². The first-order valence-electron chi connectivity index (χ1n) is 8.44. The molecule has 1 aromatic heterocycles. The molecule has 23 heavy (non-hydrogen) atoms. The third kappa shape index (κ3) is 4.54. The molecule has 2 aliphatic heterocycles. The van der Waals surface area contributed by atoms with Gasteiger partial charge in [-0.25, -0.2) is 0 Å². The van der Waals surface area contributed by atoms with E-state index in [4.69, 9.17) is 4.74 Å². The summed E-state index contributed by atoms with van der Waals surface area (Å²) in [5, 5.41) is 5.12. The fourth-order valence-electron chi connectivity index (χ4n) is 3.19. The van der Waals surface area contributed by atoms with Crippen LogP contribution in [0.1, 0.15) is 37.0 Å². The number of hydrogen-bond acceptors (Lipinski definition) is 4. The van der Waals surface area contributed by atoms with Gasteiger partial charge in [0.1, 0.15) is 6.10 Å². The summed E-state index contributed by atoms with van der Waals surface area (Å²) in [6, 6.07) is 4.27. The van der Waals surface area contributed by atoms with Gasteiger partial charge in [-0.2, -0.15) is 0 Å². The number of nitrogens with zero attached hydrogens (tertiary/aromatic N) is 1. The smallest absolute Gasteiger partial charge is 0.249 e. The molecule has 1 N–H and O–H groups in total. The molecule has 3 rings (SSSR count). The lowest BCUT2D eigenvalue weighted by atomic mass is 10.0. The van der Waals surface area contributed by atoms with Crippen molar-refractivity contribution in [3.05, 3.63) is 22.4 Å². The third-order valence-corrected chi connectivity index (χ3v) is 5.52. The Balaban J connectivity index is 1.37. The van der Waals surface area contributed by atoms with Crippen LogP contribution in [0.3, 0.4) is 0 Å². The summed E-state index contributed by atoms with van der Waals surface area (Å²) in [5.74, 6) is 0.243. The minimum Gasteiger partial charge on any atom is -0.368 e. The monoisotopic (exact) mass is 336 g/mol. The molecule has 5 nitrogen and oxygen atoms in total. The zero-order valence-corrected chi connectivity index (χ0v) is 14.1. The van der Waals surface area contributed by atoms with Crippen molar-refractivity contribution in [1.29, 1.82) is 0 Å². The lowest BCUT2D eigenvalue weighted by molar-refractivity contribution is -0.133. The van der Waals surface area contributed by atoms with Gasteiger partial charge in [0.05, 0.1) is 0 Å². The Morgan fingerprint density at radius 1 is 1.30 bits per heavy atom. The van der Waals surface area contributed by atoms with Crippen LogP contribution in [0.4, 0.5) is 0 Å². The molecule has 2 aliphatic rings. The number of piperidine rings is 1. The molecular weight excluding hydrogens is 312 g/mol. The molecule has 2 amide bonds. The van der Waals surface area contributed by atoms with Crippen molar-refractivity contribution in [1.82, 2.24) is 10.2 Å². The second-order valence-electron chi connectivity index (χ2n) is 6.24. The van der Waals surface area contributed by atoms with Gasteiger partial charge in [0, 0.05) is 37.0 Å². The van der Waals surface area contributed by atoms with Crippen LogP contribution in [-0.4, -0.2) is 48.6 Å². The van der Waals surface area contributed by atoms with Crippen molar-refractivity contribution < 1.29 is 14.3 Å². The minimum absolute atomic E-state index is 0.0185. The van der Waals surface area contributed by atoms with Crippen LogP contribution >= 0.6 is 11.3 Å². The molecule has 0 aliphatic carbocycles. The van der Waals surface area contributed by atoms with Gasteiger partial charge in [-0.05, 0) is 43.6 Å². The number of likely N-dealkylation sites (tertiary alicyclic amines) is 1. The fourth-order valence-corrected chi connectivity index (χ4v) is 3.90. The number of amides is 2. The summed E-state index contributed by atoms with van der Waals surface area (Å²) in [6.45, 7) is 2.16. The molecule has 3 heterocycles. The SMILES string of the molecule is O=C(NC1CCN(C(=O)CCc2cccs2)CC1)C1CCCO1. The molecule has 1 aromatic rings. The van der Waals surface area contributed by atoms with E-state index >= 15 is 0 Å². The number of thiophene rings is 1. The largest absolute Gasteiger partial charge is 0.368 e. The summed E-state index contributed by atoms with van der Waals surface area (Å²) >= 11 is 1.70. The van der Waals surface area contributed by atoms with Crippen molar-refractivity contribution in [3.8, 4) is 0 Å². The molecule has 6 heteroatoms. The molecule has 126 valence electrons. The summed E-state index contributed by atoms with van der Waals surface area (Å²) in [7, 11) is 0. The lowest BCUT2D eigenvalue weighted by Crippen LogP contribution is -2.48. The normalized spacial score (nSPS) is 22.3. The van der Waals surface area contributed by atoms with E-state index in [-0.39, 0.29) is 24.0 Å². The minimum atomic E-state index is -0.263. The third-order valence-electron chi connectivity index (χ3n) is 4.58. The first-order valence-corrected chi connectivity index (χ1v) is 9.32. The Kier molecular flexibility index (Phi) is 5.67. The zero-order chi connectivity index (χ0) is 16.1. The molecule has 0 aromatic carbocycles. The molecule has 2 saturated heterocycles. The second-order valence-corrected chi connectivity index (χ2v) is 7.28. The van der Waals surface area contributed by atoms with Gasteiger partial charge < -0.3 is 15.0 Å². The van der Waals surface area contributed by atoms with E-state index < -0.39 is 0 Å². The highest BCUT2D eigenvalue weighted by molar-refractivity contribution is 7.09. The maximum absolute atomic E-state index is 12.3. The summed E-state index contributed by atoms with van der Waals surface area (Å²) < 4.78 is 5.41. The molecule has 2 fully saturated rings. The highest BCUT2D eigenvalue weighted by Crippen LogP contribution is 2.17. The van der Waals surface area contributed by atoms with Crippen LogP contribution < -0.4 is 5.32 Å². The first-order chi connectivity index (χ1) is 11.2. The van der Waals surface area contributed by atoms with Gasteiger partial charge in [0.2, 0.25) is 11.8 Å². The van der Waals surface area contributed by atoms with Crippen LogP contribution in [0.5, 0.6) is 0 Å². The van der Waals surface area contributed by atoms with Crippen molar-refractivity contribution in [2.24, 2.45) is 0 Å². The lowest BCUT2D eigenvalue weighted by Gasteiger charge is -2.33. The van der Waals surface area contributed by atoms with Gasteiger partial charge in [0.15, 0.2) is 0 Å². The van der Waals surface area contributed by atoms with E-state index in [9.17, 15) is 9.59 Å². The standard InChI is InChI=1S/C17H24N2O3S/c20-16(6-5-14-3-2-12-23-14)19-9-7-13(8-10-19)18-17(21)15-4-1-11-22-15/h2-3,12-13,15H,1,4-11H2,(H,18,21). The Labute approximate surface area is 141 Å². The van der Waals surface area contributed by atoms with E-state index in [1.165, 1.54) is 4.88 Å². The molecule has 0 saturated carbocycles. The van der Waals surface area contributed by atoms with Crippen LogP contribution in [0.15, 0.2) is 17.5 Å². The first kappa shape index (κ1) is 16.5. The Hall–Kier alpha value is -1.40. The Bertz CT molecular complexity index is 518. The zero-order valence-electron chi connectivity index (χ0n) is 13.3. The maximum Gasteiger partial charge on any atom is 0.249 e. The summed E-state index contributed by atoms with van der Waals surface area (Å²) in [6.07, 6.45) is 4.60. The van der Waals surface area contributed by atoms with Gasteiger partial charge in [-0.1, -0.05) is 6.07 Å². The van der Waals surface area contributed by atoms with Gasteiger partial charge >= 0.3 is 0 Å². The molecule has 0 bridgehead atoms. The predicted molar refractivity (Wildman–Crippen MR) is 89.4 cm³/mol. The van der Waals surface area contributed by atoms with E-state index in [1.54, 1.807) is 11.3 Å². The van der Waals surface area contributed by atoms with Crippen molar-refractivity contribution in [2.75, 3.05) is 19.7 Å². The average Bonchev–Trinajstić information content (AvgIpc) is 3.26. The van der Waals surface area contributed by atoms with E-state index in [0.29, 0.717) is 13.0 Å². The van der Waals surface area contributed by atoms with Gasteiger partial charge in [-0.15, -0.1) is 11.3 Å². The van der Waals surface area contributed by atoms with Crippen molar-refractivity contribution >= 4 is 23.2 Å². The van der Waals surface area contributed by atoms with Crippen LogP contribution in [0.25, 0.3) is 0 Å². The highest BCUT2D eigenvalue weighted by atomic mass is 32.1. The molecule has 0 spiro atoms. The maximum atomic E-state index is 12.3. The van der Waals surface area contributed by atoms with E-state index in [0.717, 1.165) is 45.2 Å². The molecular formula is C17H24N2O3S. The number of carbonyl (C=O) groups is 2. The van der Waals surface area contributed by atoms with Crippen LogP contribution in [0, 0.1) is 0 Å². The van der Waals surface area contributed by atoms with Gasteiger partial charge in [-0.3, -0.25) is 9.59 Å². The quantitative estimate of drug-likeness (QED) is 0.894. The molecule has 0 radical (unpaired) electrons. The highest BCUT2D eigenvalue weighted by Gasteiger charge is 2.28. The van der Waals surface area contributed by atoms with Crippen molar-refractivity contribution in [3.63, 3.8) is 0 Å². The number of aryl methyl sites for hydroxylation is 1. The van der Waals surface area contributed by atoms with Gasteiger partial charge in [0.25, 0.3) is 0 Å². The summed E-state index contributed by atoms with van der Waals surface area (Å²) in [5.41, 5.74) is 0. The number of hydrogen-bond donors (Lipinski definition) is 1.